The highest BCUT2D eigenvalue weighted by molar-refractivity contribution is 6.31. The van der Waals surface area contributed by atoms with Gasteiger partial charge in [-0.1, -0.05) is 63.0 Å². The van der Waals surface area contributed by atoms with Crippen molar-refractivity contribution in [2.45, 2.75) is 53.4 Å². The predicted octanol–water partition coefficient (Wildman–Crippen LogP) is 7.06. The number of aromatic hydroxyl groups is 1. The van der Waals surface area contributed by atoms with Crippen molar-refractivity contribution in [3.8, 4) is 5.75 Å². The monoisotopic (exact) mass is 380 g/mol. The van der Waals surface area contributed by atoms with E-state index in [0.717, 1.165) is 28.5 Å². The van der Waals surface area contributed by atoms with E-state index in [2.05, 4.69) is 13.8 Å². The van der Waals surface area contributed by atoms with Crippen molar-refractivity contribution in [3.05, 3.63) is 62.1 Å². The van der Waals surface area contributed by atoms with Crippen LogP contribution in [0.3, 0.4) is 0 Å². The van der Waals surface area contributed by atoms with Crippen LogP contribution in [0.2, 0.25) is 10.0 Å². The number of phenols is 1. The average Bonchev–Trinajstić information content (AvgIpc) is 2.53. The Balaban J connectivity index is 0.000000251. The van der Waals surface area contributed by atoms with Gasteiger partial charge in [0.05, 0.1) is 0 Å². The van der Waals surface area contributed by atoms with Gasteiger partial charge in [0.25, 0.3) is 0 Å². The zero-order chi connectivity index (χ0) is 19.3. The highest BCUT2D eigenvalue weighted by atomic mass is 35.5. The summed E-state index contributed by atoms with van der Waals surface area (Å²) in [5, 5.41) is 10.8. The lowest BCUT2D eigenvalue weighted by Gasteiger charge is -2.10. The molecule has 0 atom stereocenters. The van der Waals surface area contributed by atoms with E-state index in [9.17, 15) is 9.90 Å². The number of carbonyl (C=O) groups is 1. The number of phenolic OH excluding ortho intramolecular Hbond substituents is 1. The lowest BCUT2D eigenvalue weighted by atomic mass is 9.96. The van der Waals surface area contributed by atoms with Crippen LogP contribution >= 0.6 is 23.2 Å². The van der Waals surface area contributed by atoms with Gasteiger partial charge in [0.15, 0.2) is 0 Å². The average molecular weight is 381 g/mol. The molecule has 0 unspecified atom stereocenters. The van der Waals surface area contributed by atoms with Crippen molar-refractivity contribution < 1.29 is 9.90 Å². The second kappa shape index (κ2) is 9.26. The fraction of sp³-hybridized carbons (Fsp3) is 0.381. The quantitative estimate of drug-likeness (QED) is 0.578. The van der Waals surface area contributed by atoms with E-state index in [4.69, 9.17) is 23.2 Å². The summed E-state index contributed by atoms with van der Waals surface area (Å²) >= 11 is 11.7. The summed E-state index contributed by atoms with van der Waals surface area (Å²) in [6.45, 7) is 12.1. The first-order chi connectivity index (χ1) is 11.6. The molecule has 0 aliphatic heterocycles. The molecule has 0 heterocycles. The second-order valence-corrected chi connectivity index (χ2v) is 7.63. The maximum atomic E-state index is 10.7. The third-order valence-electron chi connectivity index (χ3n) is 4.04. The molecule has 0 saturated heterocycles. The van der Waals surface area contributed by atoms with Gasteiger partial charge in [-0.3, -0.25) is 4.79 Å². The van der Waals surface area contributed by atoms with Gasteiger partial charge < -0.3 is 5.11 Å². The number of aldehydes is 1. The summed E-state index contributed by atoms with van der Waals surface area (Å²) in [4.78, 5) is 10.7. The number of halogens is 2. The van der Waals surface area contributed by atoms with Crippen molar-refractivity contribution in [3.63, 3.8) is 0 Å². The standard InChI is InChI=1S/C11H13ClO.C10H13ClO/c1-7(2)10-4-8(3)11(12)5-9(10)6-13;1-6(2)8-4-7(3)9(11)5-10(8)12/h4-7H,1-3H3;4-6,12H,1-3H3. The summed E-state index contributed by atoms with van der Waals surface area (Å²) in [7, 11) is 0. The molecule has 0 aliphatic rings. The minimum Gasteiger partial charge on any atom is -0.508 e. The van der Waals surface area contributed by atoms with Crippen LogP contribution in [-0.4, -0.2) is 11.4 Å². The van der Waals surface area contributed by atoms with Crippen LogP contribution in [0.25, 0.3) is 0 Å². The number of aryl methyl sites for hydroxylation is 2. The zero-order valence-corrected chi connectivity index (χ0v) is 17.2. The van der Waals surface area contributed by atoms with Crippen LogP contribution < -0.4 is 0 Å². The molecule has 0 radical (unpaired) electrons. The van der Waals surface area contributed by atoms with Crippen LogP contribution in [0, 0.1) is 13.8 Å². The molecule has 0 saturated carbocycles. The fourth-order valence-electron chi connectivity index (χ4n) is 2.48. The van der Waals surface area contributed by atoms with E-state index < -0.39 is 0 Å². The lowest BCUT2D eigenvalue weighted by molar-refractivity contribution is 0.112. The van der Waals surface area contributed by atoms with Gasteiger partial charge in [-0.05, 0) is 60.1 Å². The largest absolute Gasteiger partial charge is 0.508 e. The first kappa shape index (κ1) is 21.5. The number of hydrogen-bond donors (Lipinski definition) is 1. The first-order valence-corrected chi connectivity index (χ1v) is 9.08. The molecule has 0 fully saturated rings. The Morgan fingerprint density at radius 3 is 1.72 bits per heavy atom. The molecule has 0 bridgehead atoms. The Morgan fingerprint density at radius 2 is 1.28 bits per heavy atom. The molecule has 2 nitrogen and oxygen atoms in total. The Morgan fingerprint density at radius 1 is 0.840 bits per heavy atom. The number of carbonyl (C=O) groups excluding carboxylic acids is 1. The van der Waals surface area contributed by atoms with E-state index in [-0.39, 0.29) is 0 Å². The molecule has 2 aromatic rings. The molecule has 136 valence electrons. The van der Waals surface area contributed by atoms with Crippen molar-refractivity contribution >= 4 is 29.5 Å². The minimum atomic E-state index is 0.292. The molecule has 4 heteroatoms. The third kappa shape index (κ3) is 5.76. The van der Waals surface area contributed by atoms with Gasteiger partial charge in [-0.25, -0.2) is 0 Å². The van der Waals surface area contributed by atoms with Gasteiger partial charge in [-0.15, -0.1) is 0 Å². The maximum Gasteiger partial charge on any atom is 0.150 e. The number of hydrogen-bond acceptors (Lipinski definition) is 2. The number of rotatable bonds is 3. The van der Waals surface area contributed by atoms with E-state index in [0.29, 0.717) is 33.2 Å². The molecule has 0 aliphatic carbocycles. The molecule has 25 heavy (non-hydrogen) atoms. The van der Waals surface area contributed by atoms with Crippen LogP contribution in [0.15, 0.2) is 24.3 Å². The third-order valence-corrected chi connectivity index (χ3v) is 4.86. The van der Waals surface area contributed by atoms with E-state index in [1.54, 1.807) is 12.1 Å². The molecular weight excluding hydrogens is 355 g/mol. The Labute approximate surface area is 160 Å². The van der Waals surface area contributed by atoms with Crippen molar-refractivity contribution in [1.29, 1.82) is 0 Å². The first-order valence-electron chi connectivity index (χ1n) is 8.32. The smallest absolute Gasteiger partial charge is 0.150 e. The summed E-state index contributed by atoms with van der Waals surface area (Å²) in [6.07, 6.45) is 0.862. The molecule has 2 rings (SSSR count). The number of benzene rings is 2. The van der Waals surface area contributed by atoms with Crippen LogP contribution in [-0.2, 0) is 0 Å². The molecule has 0 spiro atoms. The van der Waals surface area contributed by atoms with Crippen molar-refractivity contribution in [1.82, 2.24) is 0 Å². The Kier molecular flexibility index (Phi) is 7.98. The summed E-state index contributed by atoms with van der Waals surface area (Å²) in [5.41, 5.74) is 4.76. The van der Waals surface area contributed by atoms with Crippen LogP contribution in [0.4, 0.5) is 0 Å². The Hall–Kier alpha value is -1.51. The van der Waals surface area contributed by atoms with Crippen molar-refractivity contribution in [2.24, 2.45) is 0 Å². The van der Waals surface area contributed by atoms with Gasteiger partial charge in [0.2, 0.25) is 0 Å². The van der Waals surface area contributed by atoms with Gasteiger partial charge in [-0.2, -0.15) is 0 Å². The zero-order valence-electron chi connectivity index (χ0n) is 15.7. The van der Waals surface area contributed by atoms with Crippen LogP contribution in [0.5, 0.6) is 5.75 Å². The van der Waals surface area contributed by atoms with E-state index in [1.807, 2.05) is 39.8 Å². The highest BCUT2D eigenvalue weighted by Gasteiger charge is 2.09. The fourth-order valence-corrected chi connectivity index (χ4v) is 2.81. The molecule has 1 N–H and O–H groups in total. The predicted molar refractivity (Wildman–Crippen MR) is 108 cm³/mol. The SMILES string of the molecule is Cc1cc(C(C)C)c(C=O)cc1Cl.Cc1cc(C(C)C)c(O)cc1Cl. The summed E-state index contributed by atoms with van der Waals surface area (Å²) in [5.74, 6) is 0.984. The van der Waals surface area contributed by atoms with E-state index in [1.165, 1.54) is 0 Å². The molecule has 0 amide bonds. The normalized spacial score (nSPS) is 10.6. The molecule has 2 aromatic carbocycles. The van der Waals surface area contributed by atoms with Gasteiger partial charge >= 0.3 is 0 Å². The topological polar surface area (TPSA) is 37.3 Å². The van der Waals surface area contributed by atoms with Crippen molar-refractivity contribution in [2.75, 3.05) is 0 Å². The van der Waals surface area contributed by atoms with E-state index >= 15 is 0 Å². The molecule has 0 aromatic heterocycles. The second-order valence-electron chi connectivity index (χ2n) is 6.82. The summed E-state index contributed by atoms with van der Waals surface area (Å²) in [6, 6.07) is 7.25. The maximum absolute atomic E-state index is 10.7. The molecular formula is C21H26Cl2O2. The lowest BCUT2D eigenvalue weighted by Crippen LogP contribution is -1.96. The Bertz CT molecular complexity index is 750. The highest BCUT2D eigenvalue weighted by Crippen LogP contribution is 2.30. The summed E-state index contributed by atoms with van der Waals surface area (Å²) < 4.78 is 0. The minimum absolute atomic E-state index is 0.292. The van der Waals surface area contributed by atoms with Crippen LogP contribution in [0.1, 0.15) is 72.1 Å². The van der Waals surface area contributed by atoms with Gasteiger partial charge in [0, 0.05) is 15.6 Å². The van der Waals surface area contributed by atoms with Gasteiger partial charge in [0.1, 0.15) is 12.0 Å².